The molecule has 4 heteroatoms. The fourth-order valence-corrected chi connectivity index (χ4v) is 1.73. The van der Waals surface area contributed by atoms with Gasteiger partial charge in [0.05, 0.1) is 5.02 Å². The van der Waals surface area contributed by atoms with Gasteiger partial charge in [0.1, 0.15) is 5.82 Å². The van der Waals surface area contributed by atoms with Crippen LogP contribution in [0.5, 0.6) is 0 Å². The van der Waals surface area contributed by atoms with Crippen molar-refractivity contribution in [1.29, 1.82) is 0 Å². The van der Waals surface area contributed by atoms with E-state index in [1.807, 2.05) is 13.1 Å². The smallest absolute Gasteiger partial charge is 0.128 e. The van der Waals surface area contributed by atoms with Crippen LogP contribution in [0.25, 0.3) is 0 Å². The summed E-state index contributed by atoms with van der Waals surface area (Å²) < 4.78 is 0. The van der Waals surface area contributed by atoms with Crippen molar-refractivity contribution in [3.05, 3.63) is 22.8 Å². The van der Waals surface area contributed by atoms with Crippen LogP contribution in [-0.2, 0) is 0 Å². The van der Waals surface area contributed by atoms with Crippen LogP contribution in [0.15, 0.2) is 12.3 Å². The molecule has 0 saturated carbocycles. The molecular weight excluding hydrogens is 198 g/mol. The lowest BCUT2D eigenvalue weighted by atomic mass is 9.97. The molecule has 0 saturated heterocycles. The second-order valence-electron chi connectivity index (χ2n) is 3.64. The minimum absolute atomic E-state index is 0.196. The highest BCUT2D eigenvalue weighted by Gasteiger charge is 2.17. The maximum absolute atomic E-state index is 5.88. The summed E-state index contributed by atoms with van der Waals surface area (Å²) in [5.74, 6) is 0.991. The van der Waals surface area contributed by atoms with Crippen LogP contribution in [-0.4, -0.2) is 12.0 Å². The number of aromatic nitrogens is 1. The minimum Gasteiger partial charge on any atom is -0.383 e. The van der Waals surface area contributed by atoms with Crippen LogP contribution in [0, 0.1) is 5.92 Å². The lowest BCUT2D eigenvalue weighted by molar-refractivity contribution is 0.443. The van der Waals surface area contributed by atoms with Gasteiger partial charge in [-0.25, -0.2) is 4.98 Å². The van der Waals surface area contributed by atoms with E-state index in [0.29, 0.717) is 16.8 Å². The molecule has 3 nitrogen and oxygen atoms in total. The second-order valence-corrected chi connectivity index (χ2v) is 4.07. The normalized spacial score (nSPS) is 13.2. The highest BCUT2D eigenvalue weighted by molar-refractivity contribution is 6.30. The van der Waals surface area contributed by atoms with E-state index in [1.54, 1.807) is 6.20 Å². The third kappa shape index (κ3) is 2.36. The van der Waals surface area contributed by atoms with Crippen LogP contribution in [0.3, 0.4) is 0 Å². The largest absolute Gasteiger partial charge is 0.383 e. The molecule has 1 rings (SSSR count). The molecule has 0 amide bonds. The molecule has 0 fully saturated rings. The van der Waals surface area contributed by atoms with Crippen molar-refractivity contribution >= 4 is 17.4 Å². The molecule has 0 aliphatic rings. The molecular formula is C10H16ClN3. The van der Waals surface area contributed by atoms with Gasteiger partial charge in [0.25, 0.3) is 0 Å². The van der Waals surface area contributed by atoms with Crippen LogP contribution in [0.4, 0.5) is 5.82 Å². The predicted molar refractivity (Wildman–Crippen MR) is 60.3 cm³/mol. The Kier molecular flexibility index (Phi) is 3.72. The zero-order valence-electron chi connectivity index (χ0n) is 8.71. The molecule has 1 unspecified atom stereocenters. The van der Waals surface area contributed by atoms with Crippen LogP contribution in [0.2, 0.25) is 5.02 Å². The van der Waals surface area contributed by atoms with Crippen molar-refractivity contribution in [1.82, 2.24) is 10.3 Å². The first kappa shape index (κ1) is 11.3. The zero-order chi connectivity index (χ0) is 10.7. The lowest BCUT2D eigenvalue weighted by Gasteiger charge is -2.21. The summed E-state index contributed by atoms with van der Waals surface area (Å²) in [6.07, 6.45) is 1.56. The van der Waals surface area contributed by atoms with Gasteiger partial charge < -0.3 is 11.1 Å². The summed E-state index contributed by atoms with van der Waals surface area (Å²) >= 11 is 5.88. The molecule has 1 aromatic rings. The molecule has 14 heavy (non-hydrogen) atoms. The fourth-order valence-electron chi connectivity index (χ4n) is 1.56. The Bertz CT molecular complexity index is 312. The molecule has 3 N–H and O–H groups in total. The first-order valence-electron chi connectivity index (χ1n) is 4.64. The predicted octanol–water partition coefficient (Wildman–Crippen LogP) is 2.23. The van der Waals surface area contributed by atoms with Gasteiger partial charge in [-0.1, -0.05) is 25.4 Å². The van der Waals surface area contributed by atoms with Crippen molar-refractivity contribution in [3.63, 3.8) is 0 Å². The number of halogens is 1. The average Bonchev–Trinajstić information content (AvgIpc) is 2.11. The van der Waals surface area contributed by atoms with Crippen molar-refractivity contribution in [2.75, 3.05) is 12.8 Å². The fraction of sp³-hybridized carbons (Fsp3) is 0.500. The van der Waals surface area contributed by atoms with E-state index in [2.05, 4.69) is 24.1 Å². The molecule has 0 radical (unpaired) electrons. The Labute approximate surface area is 89.7 Å². The monoisotopic (exact) mass is 213 g/mol. The Morgan fingerprint density at radius 1 is 1.50 bits per heavy atom. The van der Waals surface area contributed by atoms with E-state index in [0.717, 1.165) is 5.56 Å². The summed E-state index contributed by atoms with van der Waals surface area (Å²) in [7, 11) is 1.91. The van der Waals surface area contributed by atoms with Crippen molar-refractivity contribution in [2.45, 2.75) is 19.9 Å². The number of rotatable bonds is 3. The number of nitrogen functional groups attached to an aromatic ring is 1. The molecule has 1 atom stereocenters. The molecule has 0 aromatic carbocycles. The standard InChI is InChI=1S/C10H16ClN3/c1-6(2)9(13-3)8-4-7(11)5-14-10(8)12/h4-6,9,13H,1-3H3,(H2,12,14). The summed E-state index contributed by atoms with van der Waals surface area (Å²) in [6.45, 7) is 4.25. The second kappa shape index (κ2) is 4.62. The number of nitrogens with zero attached hydrogens (tertiary/aromatic N) is 1. The van der Waals surface area contributed by atoms with Crippen LogP contribution >= 0.6 is 11.6 Å². The number of nitrogens with one attached hydrogen (secondary N) is 1. The zero-order valence-corrected chi connectivity index (χ0v) is 9.47. The maximum Gasteiger partial charge on any atom is 0.128 e. The molecule has 0 aliphatic carbocycles. The van der Waals surface area contributed by atoms with Gasteiger partial charge >= 0.3 is 0 Å². The van der Waals surface area contributed by atoms with Crippen molar-refractivity contribution in [2.24, 2.45) is 5.92 Å². The number of hydrogen-bond donors (Lipinski definition) is 2. The van der Waals surface area contributed by atoms with Gasteiger partial charge in [-0.05, 0) is 19.0 Å². The SMILES string of the molecule is CNC(c1cc(Cl)cnc1N)C(C)C. The van der Waals surface area contributed by atoms with E-state index in [1.165, 1.54) is 0 Å². The molecule has 1 heterocycles. The molecule has 0 spiro atoms. The van der Waals surface area contributed by atoms with Crippen LogP contribution < -0.4 is 11.1 Å². The van der Waals surface area contributed by atoms with E-state index < -0.39 is 0 Å². The highest BCUT2D eigenvalue weighted by atomic mass is 35.5. The number of pyridine rings is 1. The van der Waals surface area contributed by atoms with E-state index in [-0.39, 0.29) is 6.04 Å². The first-order chi connectivity index (χ1) is 6.56. The molecule has 78 valence electrons. The Morgan fingerprint density at radius 2 is 2.14 bits per heavy atom. The number of anilines is 1. The van der Waals surface area contributed by atoms with Gasteiger partial charge in [-0.3, -0.25) is 0 Å². The minimum atomic E-state index is 0.196. The van der Waals surface area contributed by atoms with Gasteiger partial charge in [-0.2, -0.15) is 0 Å². The summed E-state index contributed by atoms with van der Waals surface area (Å²) in [5.41, 5.74) is 6.76. The topological polar surface area (TPSA) is 50.9 Å². The third-order valence-electron chi connectivity index (χ3n) is 2.23. The number of hydrogen-bond acceptors (Lipinski definition) is 3. The Balaban J connectivity index is 3.08. The third-order valence-corrected chi connectivity index (χ3v) is 2.44. The van der Waals surface area contributed by atoms with Gasteiger partial charge in [0, 0.05) is 17.8 Å². The summed E-state index contributed by atoms with van der Waals surface area (Å²) in [5, 5.41) is 3.83. The first-order valence-corrected chi connectivity index (χ1v) is 5.02. The molecule has 0 bridgehead atoms. The molecule has 0 aliphatic heterocycles. The maximum atomic E-state index is 5.88. The van der Waals surface area contributed by atoms with E-state index >= 15 is 0 Å². The van der Waals surface area contributed by atoms with Gasteiger partial charge in [0.2, 0.25) is 0 Å². The quantitative estimate of drug-likeness (QED) is 0.810. The van der Waals surface area contributed by atoms with E-state index in [9.17, 15) is 0 Å². The van der Waals surface area contributed by atoms with E-state index in [4.69, 9.17) is 17.3 Å². The average molecular weight is 214 g/mol. The summed E-state index contributed by atoms with van der Waals surface area (Å²) in [6, 6.07) is 2.06. The summed E-state index contributed by atoms with van der Waals surface area (Å²) in [4.78, 5) is 4.04. The van der Waals surface area contributed by atoms with Crippen molar-refractivity contribution < 1.29 is 0 Å². The van der Waals surface area contributed by atoms with Gasteiger partial charge in [0.15, 0.2) is 0 Å². The van der Waals surface area contributed by atoms with Gasteiger partial charge in [-0.15, -0.1) is 0 Å². The van der Waals surface area contributed by atoms with Crippen LogP contribution in [0.1, 0.15) is 25.5 Å². The molecule has 1 aromatic heterocycles. The number of nitrogens with two attached hydrogens (primary N) is 1. The van der Waals surface area contributed by atoms with Crippen molar-refractivity contribution in [3.8, 4) is 0 Å². The lowest BCUT2D eigenvalue weighted by Crippen LogP contribution is -2.23. The highest BCUT2D eigenvalue weighted by Crippen LogP contribution is 2.26. The Hall–Kier alpha value is -0.800. The Morgan fingerprint density at radius 3 is 2.64 bits per heavy atom.